The number of nitrogens with zero attached hydrogens (tertiary/aromatic N) is 4. The maximum absolute atomic E-state index is 12.4. The van der Waals surface area contributed by atoms with Gasteiger partial charge in [0.15, 0.2) is 0 Å². The van der Waals surface area contributed by atoms with Crippen molar-refractivity contribution >= 4 is 23.6 Å². The molecule has 0 unspecified atom stereocenters. The van der Waals surface area contributed by atoms with Gasteiger partial charge in [0.2, 0.25) is 11.7 Å². The van der Waals surface area contributed by atoms with Crippen LogP contribution in [0.1, 0.15) is 38.9 Å². The van der Waals surface area contributed by atoms with Crippen LogP contribution in [0.5, 0.6) is 0 Å². The molecule has 0 aromatic carbocycles. The Balaban J connectivity index is 1.72. The van der Waals surface area contributed by atoms with Gasteiger partial charge in [-0.3, -0.25) is 19.3 Å². The number of carbonyl (C=O) groups excluding carboxylic acids is 3. The summed E-state index contributed by atoms with van der Waals surface area (Å²) in [6, 6.07) is 0.928. The van der Waals surface area contributed by atoms with E-state index in [1.165, 1.54) is 4.90 Å². The summed E-state index contributed by atoms with van der Waals surface area (Å²) in [5, 5.41) is 5.09. The van der Waals surface area contributed by atoms with Gasteiger partial charge in [-0.05, 0) is 26.3 Å². The molecule has 9 heteroatoms. The SMILES string of the molecule is CC[C@@H](NC(=O)CN1C(=O)NC(=O)C1(C)C)c1cn2cccnc2n1. The summed E-state index contributed by atoms with van der Waals surface area (Å²) in [5.74, 6) is -0.214. The van der Waals surface area contributed by atoms with Crippen LogP contribution in [-0.4, -0.2) is 49.2 Å². The van der Waals surface area contributed by atoms with Crippen molar-refractivity contribution in [3.05, 3.63) is 30.4 Å². The van der Waals surface area contributed by atoms with E-state index in [2.05, 4.69) is 20.6 Å². The Morgan fingerprint density at radius 1 is 1.40 bits per heavy atom. The highest BCUT2D eigenvalue weighted by Crippen LogP contribution is 2.21. The first-order valence-corrected chi connectivity index (χ1v) is 8.05. The lowest BCUT2D eigenvalue weighted by atomic mass is 10.0. The molecular weight excluding hydrogens is 324 g/mol. The van der Waals surface area contributed by atoms with Crippen LogP contribution in [-0.2, 0) is 9.59 Å². The van der Waals surface area contributed by atoms with Gasteiger partial charge >= 0.3 is 6.03 Å². The summed E-state index contributed by atoms with van der Waals surface area (Å²) in [5.41, 5.74) is -0.362. The Labute approximate surface area is 144 Å². The highest BCUT2D eigenvalue weighted by molar-refractivity contribution is 6.07. The molecular formula is C16H20N6O3. The first-order chi connectivity index (χ1) is 11.8. The van der Waals surface area contributed by atoms with Crippen LogP contribution in [0, 0.1) is 0 Å². The topological polar surface area (TPSA) is 109 Å². The molecule has 1 aliphatic heterocycles. The minimum Gasteiger partial charge on any atom is -0.346 e. The fourth-order valence-corrected chi connectivity index (χ4v) is 2.75. The molecule has 25 heavy (non-hydrogen) atoms. The van der Waals surface area contributed by atoms with E-state index in [9.17, 15) is 14.4 Å². The van der Waals surface area contributed by atoms with Gasteiger partial charge in [-0.1, -0.05) is 6.92 Å². The van der Waals surface area contributed by atoms with Crippen molar-refractivity contribution in [1.82, 2.24) is 29.9 Å². The van der Waals surface area contributed by atoms with E-state index in [1.54, 1.807) is 30.5 Å². The lowest BCUT2D eigenvalue weighted by molar-refractivity contribution is -0.127. The lowest BCUT2D eigenvalue weighted by Gasteiger charge is -2.27. The molecule has 2 aromatic heterocycles. The van der Waals surface area contributed by atoms with Gasteiger partial charge in [0.1, 0.15) is 12.1 Å². The third-order valence-electron chi connectivity index (χ3n) is 4.35. The van der Waals surface area contributed by atoms with Crippen LogP contribution in [0.2, 0.25) is 0 Å². The fraction of sp³-hybridized carbons (Fsp3) is 0.438. The summed E-state index contributed by atoms with van der Waals surface area (Å²) in [7, 11) is 0. The number of carbonyl (C=O) groups is 3. The van der Waals surface area contributed by atoms with E-state index >= 15 is 0 Å². The number of amides is 4. The Bertz CT molecular complexity index is 810. The monoisotopic (exact) mass is 344 g/mol. The van der Waals surface area contributed by atoms with Crippen molar-refractivity contribution in [2.45, 2.75) is 38.8 Å². The van der Waals surface area contributed by atoms with E-state index < -0.39 is 17.5 Å². The van der Waals surface area contributed by atoms with Crippen LogP contribution in [0.3, 0.4) is 0 Å². The second-order valence-electron chi connectivity index (χ2n) is 6.43. The summed E-state index contributed by atoms with van der Waals surface area (Å²) in [6.07, 6.45) is 5.92. The van der Waals surface area contributed by atoms with E-state index in [0.717, 1.165) is 0 Å². The van der Waals surface area contributed by atoms with Gasteiger partial charge < -0.3 is 10.2 Å². The highest BCUT2D eigenvalue weighted by Gasteiger charge is 2.46. The molecule has 1 atom stereocenters. The highest BCUT2D eigenvalue weighted by atomic mass is 16.2. The van der Waals surface area contributed by atoms with Gasteiger partial charge in [-0.2, -0.15) is 0 Å². The first kappa shape index (κ1) is 16.9. The minimum absolute atomic E-state index is 0.202. The van der Waals surface area contributed by atoms with E-state index in [1.807, 2.05) is 19.3 Å². The van der Waals surface area contributed by atoms with Crippen LogP contribution in [0.25, 0.3) is 5.78 Å². The molecule has 0 bridgehead atoms. The summed E-state index contributed by atoms with van der Waals surface area (Å²) >= 11 is 0. The Morgan fingerprint density at radius 2 is 2.16 bits per heavy atom. The average molecular weight is 344 g/mol. The average Bonchev–Trinajstić information content (AvgIpc) is 3.07. The van der Waals surface area contributed by atoms with E-state index in [0.29, 0.717) is 17.9 Å². The van der Waals surface area contributed by atoms with Crippen LogP contribution < -0.4 is 10.6 Å². The zero-order chi connectivity index (χ0) is 18.2. The lowest BCUT2D eigenvalue weighted by Crippen LogP contribution is -2.49. The molecule has 1 fully saturated rings. The molecule has 3 rings (SSSR count). The predicted octanol–water partition coefficient (Wildman–Crippen LogP) is 0.627. The number of urea groups is 1. The fourth-order valence-electron chi connectivity index (χ4n) is 2.75. The quantitative estimate of drug-likeness (QED) is 0.773. The van der Waals surface area contributed by atoms with Gasteiger partial charge in [0, 0.05) is 18.6 Å². The molecule has 0 saturated carbocycles. The smallest absolute Gasteiger partial charge is 0.325 e. The van der Waals surface area contributed by atoms with Crippen LogP contribution in [0.4, 0.5) is 4.79 Å². The molecule has 0 aliphatic carbocycles. The largest absolute Gasteiger partial charge is 0.346 e. The van der Waals surface area contributed by atoms with Crippen molar-refractivity contribution in [2.24, 2.45) is 0 Å². The predicted molar refractivity (Wildman–Crippen MR) is 88.5 cm³/mol. The zero-order valence-corrected chi connectivity index (χ0v) is 14.3. The van der Waals surface area contributed by atoms with Crippen molar-refractivity contribution in [2.75, 3.05) is 6.54 Å². The Morgan fingerprint density at radius 3 is 2.76 bits per heavy atom. The van der Waals surface area contributed by atoms with Crippen molar-refractivity contribution in [3.8, 4) is 0 Å². The molecule has 1 aliphatic rings. The van der Waals surface area contributed by atoms with Crippen LogP contribution in [0.15, 0.2) is 24.7 Å². The van der Waals surface area contributed by atoms with Gasteiger partial charge in [-0.15, -0.1) is 0 Å². The maximum Gasteiger partial charge on any atom is 0.325 e. The molecule has 3 heterocycles. The maximum atomic E-state index is 12.4. The van der Waals surface area contributed by atoms with Crippen molar-refractivity contribution < 1.29 is 14.4 Å². The number of hydrogen-bond donors (Lipinski definition) is 2. The molecule has 9 nitrogen and oxygen atoms in total. The number of fused-ring (bicyclic) bond motifs is 1. The molecule has 4 amide bonds. The summed E-state index contributed by atoms with van der Waals surface area (Å²) in [4.78, 5) is 45.8. The normalized spacial score (nSPS) is 17.6. The molecule has 0 radical (unpaired) electrons. The number of aromatic nitrogens is 3. The molecule has 2 N–H and O–H groups in total. The Hall–Kier alpha value is -2.97. The standard InChI is InChI=1S/C16H20N6O3/c1-4-10(11-8-21-7-5-6-17-14(21)19-11)18-12(23)9-22-15(25)20-13(24)16(22,2)3/h5-8,10H,4,9H2,1-3H3,(H,18,23)(H,20,24,25)/t10-/m1/s1. The third-order valence-corrected chi connectivity index (χ3v) is 4.35. The van der Waals surface area contributed by atoms with Gasteiger partial charge in [0.25, 0.3) is 5.91 Å². The number of rotatable bonds is 5. The van der Waals surface area contributed by atoms with Gasteiger partial charge in [-0.25, -0.2) is 14.8 Å². The second-order valence-corrected chi connectivity index (χ2v) is 6.43. The van der Waals surface area contributed by atoms with Crippen molar-refractivity contribution in [3.63, 3.8) is 0 Å². The van der Waals surface area contributed by atoms with E-state index in [-0.39, 0.29) is 18.5 Å². The molecule has 0 spiro atoms. The van der Waals surface area contributed by atoms with Crippen molar-refractivity contribution in [1.29, 1.82) is 0 Å². The molecule has 1 saturated heterocycles. The second kappa shape index (κ2) is 6.15. The van der Waals surface area contributed by atoms with Crippen LogP contribution >= 0.6 is 0 Å². The Kier molecular flexibility index (Phi) is 4.15. The minimum atomic E-state index is -1.05. The third kappa shape index (κ3) is 3.04. The summed E-state index contributed by atoms with van der Waals surface area (Å²) < 4.78 is 1.78. The molecule has 2 aromatic rings. The number of imide groups is 1. The number of nitrogens with one attached hydrogen (secondary N) is 2. The summed E-state index contributed by atoms with van der Waals surface area (Å²) in [6.45, 7) is 4.93. The first-order valence-electron chi connectivity index (χ1n) is 8.05. The van der Waals surface area contributed by atoms with Gasteiger partial charge in [0.05, 0.1) is 11.7 Å². The van der Waals surface area contributed by atoms with E-state index in [4.69, 9.17) is 0 Å². The molecule has 132 valence electrons. The number of hydrogen-bond acceptors (Lipinski definition) is 5. The zero-order valence-electron chi connectivity index (χ0n) is 14.3. The number of imidazole rings is 1.